The van der Waals surface area contributed by atoms with Crippen molar-refractivity contribution >= 4 is 23.1 Å². The van der Waals surface area contributed by atoms with Crippen molar-refractivity contribution in [3.05, 3.63) is 23.8 Å². The van der Waals surface area contributed by atoms with E-state index in [1.165, 1.54) is 4.90 Å². The first-order valence-corrected chi connectivity index (χ1v) is 5.32. The van der Waals surface area contributed by atoms with E-state index in [0.29, 0.717) is 11.6 Å². The summed E-state index contributed by atoms with van der Waals surface area (Å²) in [6, 6.07) is 5.32. The number of aromatic nitrogens is 1. The summed E-state index contributed by atoms with van der Waals surface area (Å²) in [7, 11) is 1.65. The van der Waals surface area contributed by atoms with Gasteiger partial charge in [-0.3, -0.25) is 0 Å². The normalized spacial score (nSPS) is 12.6. The van der Waals surface area contributed by atoms with E-state index in [2.05, 4.69) is 4.98 Å². The van der Waals surface area contributed by atoms with Gasteiger partial charge in [-0.15, -0.1) is 0 Å². The number of aryl methyl sites for hydroxylation is 1. The molecule has 2 aromatic rings. The Morgan fingerprint density at radius 3 is 2.88 bits per heavy atom. The number of carboxylic acid groups (broad SMARTS) is 1. The van der Waals surface area contributed by atoms with E-state index in [9.17, 15) is 4.79 Å². The molecule has 0 aliphatic rings. The number of anilines is 1. The Morgan fingerprint density at radius 2 is 2.24 bits per heavy atom. The Hall–Kier alpha value is -2.04. The Bertz CT molecular complexity index is 562. The zero-order chi connectivity index (χ0) is 12.6. The van der Waals surface area contributed by atoms with Gasteiger partial charge in [-0.25, -0.2) is 4.79 Å². The fourth-order valence-corrected chi connectivity index (χ4v) is 1.50. The largest absolute Gasteiger partial charge is 0.480 e. The second kappa shape index (κ2) is 4.08. The molecule has 5 nitrogen and oxygen atoms in total. The lowest BCUT2D eigenvalue weighted by Crippen LogP contribution is -2.35. The van der Waals surface area contributed by atoms with Gasteiger partial charge in [-0.1, -0.05) is 6.07 Å². The van der Waals surface area contributed by atoms with Crippen LogP contribution in [0.15, 0.2) is 22.6 Å². The number of rotatable bonds is 3. The van der Waals surface area contributed by atoms with E-state index in [-0.39, 0.29) is 0 Å². The number of aliphatic carboxylic acids is 1. The van der Waals surface area contributed by atoms with Gasteiger partial charge in [0.2, 0.25) is 0 Å². The number of benzene rings is 1. The first kappa shape index (κ1) is 11.4. The average Bonchev–Trinajstić information content (AvgIpc) is 2.69. The molecule has 1 aromatic carbocycles. The molecule has 90 valence electrons. The van der Waals surface area contributed by atoms with Crippen LogP contribution in [0.4, 0.5) is 6.01 Å². The van der Waals surface area contributed by atoms with Gasteiger partial charge in [0.1, 0.15) is 11.6 Å². The van der Waals surface area contributed by atoms with Gasteiger partial charge in [0.25, 0.3) is 6.01 Å². The lowest BCUT2D eigenvalue weighted by molar-refractivity contribution is -0.138. The smallest absolute Gasteiger partial charge is 0.326 e. The third-order valence-corrected chi connectivity index (χ3v) is 2.77. The molecule has 0 aliphatic heterocycles. The second-order valence-electron chi connectivity index (χ2n) is 4.09. The highest BCUT2D eigenvalue weighted by atomic mass is 16.4. The predicted molar refractivity (Wildman–Crippen MR) is 64.2 cm³/mol. The average molecular weight is 234 g/mol. The summed E-state index contributed by atoms with van der Waals surface area (Å²) in [5, 5.41) is 8.92. The van der Waals surface area contributed by atoms with E-state index in [0.717, 1.165) is 11.1 Å². The molecule has 0 bridgehead atoms. The Morgan fingerprint density at radius 1 is 1.53 bits per heavy atom. The van der Waals surface area contributed by atoms with Crippen LogP contribution in [0.5, 0.6) is 0 Å². The van der Waals surface area contributed by atoms with Crippen molar-refractivity contribution in [3.63, 3.8) is 0 Å². The number of fused-ring (bicyclic) bond motifs is 1. The summed E-state index contributed by atoms with van der Waals surface area (Å²) in [5.41, 5.74) is 2.48. The van der Waals surface area contributed by atoms with Gasteiger partial charge < -0.3 is 14.4 Å². The number of carboxylic acids is 1. The molecular formula is C12H14N2O3. The zero-order valence-electron chi connectivity index (χ0n) is 9.97. The van der Waals surface area contributed by atoms with Crippen LogP contribution in [0.25, 0.3) is 11.1 Å². The molecule has 1 heterocycles. The fraction of sp³-hybridized carbons (Fsp3) is 0.333. The van der Waals surface area contributed by atoms with Crippen molar-refractivity contribution in [3.8, 4) is 0 Å². The monoisotopic (exact) mass is 234 g/mol. The predicted octanol–water partition coefficient (Wildman–Crippen LogP) is 2.05. The lowest BCUT2D eigenvalue weighted by atomic mass is 10.2. The highest BCUT2D eigenvalue weighted by molar-refractivity contribution is 5.79. The maximum absolute atomic E-state index is 10.9. The molecule has 1 atom stereocenters. The molecule has 0 fully saturated rings. The summed E-state index contributed by atoms with van der Waals surface area (Å²) < 4.78 is 5.53. The molecule has 0 aliphatic carbocycles. The molecule has 0 amide bonds. The molecule has 1 aromatic heterocycles. The lowest BCUT2D eigenvalue weighted by Gasteiger charge is -2.18. The Kier molecular flexibility index (Phi) is 2.75. The van der Waals surface area contributed by atoms with Crippen molar-refractivity contribution in [1.29, 1.82) is 0 Å². The molecule has 2 rings (SSSR count). The van der Waals surface area contributed by atoms with Crippen LogP contribution in [0.3, 0.4) is 0 Å². The Labute approximate surface area is 98.7 Å². The van der Waals surface area contributed by atoms with Crippen LogP contribution in [-0.4, -0.2) is 29.1 Å². The van der Waals surface area contributed by atoms with Crippen molar-refractivity contribution in [1.82, 2.24) is 4.98 Å². The van der Waals surface area contributed by atoms with Crippen LogP contribution in [0.1, 0.15) is 12.5 Å². The molecule has 0 spiro atoms. The molecule has 0 saturated heterocycles. The van der Waals surface area contributed by atoms with E-state index < -0.39 is 12.0 Å². The Balaban J connectivity index is 2.39. The van der Waals surface area contributed by atoms with Gasteiger partial charge in [-0.2, -0.15) is 4.98 Å². The molecule has 0 radical (unpaired) electrons. The van der Waals surface area contributed by atoms with Crippen LogP contribution in [0.2, 0.25) is 0 Å². The topological polar surface area (TPSA) is 66.6 Å². The molecule has 17 heavy (non-hydrogen) atoms. The quantitative estimate of drug-likeness (QED) is 0.880. The molecule has 0 saturated carbocycles. The molecule has 5 heteroatoms. The van der Waals surface area contributed by atoms with Gasteiger partial charge >= 0.3 is 5.97 Å². The second-order valence-corrected chi connectivity index (χ2v) is 4.09. The minimum atomic E-state index is -0.911. The van der Waals surface area contributed by atoms with E-state index in [1.807, 2.05) is 25.1 Å². The van der Waals surface area contributed by atoms with Gasteiger partial charge in [-0.05, 0) is 31.5 Å². The first-order chi connectivity index (χ1) is 7.99. The first-order valence-electron chi connectivity index (χ1n) is 5.32. The van der Waals surface area contributed by atoms with E-state index in [1.54, 1.807) is 14.0 Å². The van der Waals surface area contributed by atoms with E-state index in [4.69, 9.17) is 9.52 Å². The number of nitrogens with zero attached hydrogens (tertiary/aromatic N) is 2. The number of hydrogen-bond acceptors (Lipinski definition) is 4. The van der Waals surface area contributed by atoms with Gasteiger partial charge in [0.15, 0.2) is 5.58 Å². The molecular weight excluding hydrogens is 220 g/mol. The van der Waals surface area contributed by atoms with Crippen molar-refractivity contribution in [2.45, 2.75) is 19.9 Å². The van der Waals surface area contributed by atoms with Crippen LogP contribution < -0.4 is 4.90 Å². The fourth-order valence-electron chi connectivity index (χ4n) is 1.50. The van der Waals surface area contributed by atoms with E-state index >= 15 is 0 Å². The maximum Gasteiger partial charge on any atom is 0.326 e. The summed E-state index contributed by atoms with van der Waals surface area (Å²) in [4.78, 5) is 16.6. The standard InChI is InChI=1S/C12H14N2O3/c1-7-4-5-9-10(6-7)17-12(13-9)14(3)8(2)11(15)16/h4-6,8H,1-3H3,(H,15,16). The summed E-state index contributed by atoms with van der Waals surface area (Å²) in [6.07, 6.45) is 0. The van der Waals surface area contributed by atoms with Gasteiger partial charge in [0, 0.05) is 7.05 Å². The van der Waals surface area contributed by atoms with Crippen LogP contribution >= 0.6 is 0 Å². The number of likely N-dealkylation sites (N-methyl/N-ethyl adjacent to an activating group) is 1. The minimum absolute atomic E-state index is 0.320. The summed E-state index contributed by atoms with van der Waals surface area (Å²) >= 11 is 0. The van der Waals surface area contributed by atoms with Crippen molar-refractivity contribution in [2.75, 3.05) is 11.9 Å². The number of carbonyl (C=O) groups is 1. The third-order valence-electron chi connectivity index (χ3n) is 2.77. The number of hydrogen-bond donors (Lipinski definition) is 1. The SMILES string of the molecule is Cc1ccc2nc(N(C)C(C)C(=O)O)oc2c1. The van der Waals surface area contributed by atoms with Crippen molar-refractivity contribution in [2.24, 2.45) is 0 Å². The highest BCUT2D eigenvalue weighted by Crippen LogP contribution is 2.23. The zero-order valence-corrected chi connectivity index (χ0v) is 9.97. The van der Waals surface area contributed by atoms with Gasteiger partial charge in [0.05, 0.1) is 0 Å². The van der Waals surface area contributed by atoms with Crippen LogP contribution in [-0.2, 0) is 4.79 Å². The van der Waals surface area contributed by atoms with Crippen LogP contribution in [0, 0.1) is 6.92 Å². The molecule has 1 unspecified atom stereocenters. The maximum atomic E-state index is 10.9. The highest BCUT2D eigenvalue weighted by Gasteiger charge is 2.21. The summed E-state index contributed by atoms with van der Waals surface area (Å²) in [5.74, 6) is -0.911. The number of oxazole rings is 1. The summed E-state index contributed by atoms with van der Waals surface area (Å²) in [6.45, 7) is 3.55. The third kappa shape index (κ3) is 2.08. The van der Waals surface area contributed by atoms with Crippen molar-refractivity contribution < 1.29 is 14.3 Å². The minimum Gasteiger partial charge on any atom is -0.480 e. The molecule has 1 N–H and O–H groups in total.